The van der Waals surface area contributed by atoms with Gasteiger partial charge in [0.1, 0.15) is 0 Å². The molecule has 1 aromatic heterocycles. The molecule has 0 aliphatic heterocycles. The lowest BCUT2D eigenvalue weighted by Crippen LogP contribution is -1.64. The van der Waals surface area contributed by atoms with E-state index >= 15 is 0 Å². The molecule has 2 aromatic rings. The fourth-order valence-electron chi connectivity index (χ4n) is 1.15. The number of aryl methyl sites for hydroxylation is 1. The van der Waals surface area contributed by atoms with E-state index in [2.05, 4.69) is 30.2 Å². The fraction of sp³-hybridized carbons (Fsp3) is 0.111. The van der Waals surface area contributed by atoms with Crippen LogP contribution in [0.3, 0.4) is 0 Å². The number of hydrogen-bond donors (Lipinski definition) is 1. The molecule has 0 saturated carbocycles. The number of fused-ring (bicyclic) bond motifs is 1. The summed E-state index contributed by atoms with van der Waals surface area (Å²) >= 11 is 0. The van der Waals surface area contributed by atoms with Crippen molar-refractivity contribution in [1.82, 2.24) is 4.98 Å². The van der Waals surface area contributed by atoms with Gasteiger partial charge in [0, 0.05) is 10.9 Å². The van der Waals surface area contributed by atoms with Crippen molar-refractivity contribution in [3.8, 4) is 0 Å². The van der Waals surface area contributed by atoms with Crippen molar-refractivity contribution in [2.24, 2.45) is 0 Å². The van der Waals surface area contributed by atoms with Crippen LogP contribution in [0.4, 0.5) is 0 Å². The Balaban J connectivity index is 2.93. The first-order chi connectivity index (χ1) is 4.88. The van der Waals surface area contributed by atoms with Crippen molar-refractivity contribution in [1.29, 1.82) is 0 Å². The van der Waals surface area contributed by atoms with Gasteiger partial charge in [-0.1, -0.05) is 18.2 Å². The van der Waals surface area contributed by atoms with Crippen LogP contribution in [0.5, 0.6) is 0 Å². The zero-order valence-corrected chi connectivity index (χ0v) is 5.81. The van der Waals surface area contributed by atoms with Gasteiger partial charge in [-0.05, 0) is 18.6 Å². The van der Waals surface area contributed by atoms with E-state index in [1.807, 2.05) is 12.1 Å². The summed E-state index contributed by atoms with van der Waals surface area (Å²) in [6.45, 7) is 2.05. The molecular formula is C9H8N. The number of para-hydroxylation sites is 1. The maximum absolute atomic E-state index is 3.06. The van der Waals surface area contributed by atoms with E-state index in [9.17, 15) is 0 Å². The highest BCUT2D eigenvalue weighted by molar-refractivity contribution is 5.82. The molecule has 1 nitrogen and oxygen atoms in total. The smallest absolute Gasteiger partial charge is 0.0663 e. The SMILES string of the molecule is Cc1[c][nH]c2ccccc12. The molecule has 0 amide bonds. The maximum Gasteiger partial charge on any atom is 0.0663 e. The largest absolute Gasteiger partial charge is 0.353 e. The molecule has 1 heterocycles. The Hall–Kier alpha value is -1.24. The van der Waals surface area contributed by atoms with E-state index in [4.69, 9.17) is 0 Å². The number of nitrogens with one attached hydrogen (secondary N) is 1. The average Bonchev–Trinajstić information content (AvgIpc) is 2.34. The fourth-order valence-corrected chi connectivity index (χ4v) is 1.15. The molecule has 0 bridgehead atoms. The predicted molar refractivity (Wildman–Crippen MR) is 41.9 cm³/mol. The quantitative estimate of drug-likeness (QED) is 0.563. The van der Waals surface area contributed by atoms with Crippen molar-refractivity contribution in [3.63, 3.8) is 0 Å². The van der Waals surface area contributed by atoms with E-state index in [-0.39, 0.29) is 0 Å². The first-order valence-electron chi connectivity index (χ1n) is 3.33. The standard InChI is InChI=1S/C9H8N/c1-7-6-10-9-5-3-2-4-8(7)9/h2-5,10H,1H3. The van der Waals surface area contributed by atoms with E-state index < -0.39 is 0 Å². The Kier molecular flexibility index (Phi) is 1.04. The normalized spacial score (nSPS) is 10.5. The lowest BCUT2D eigenvalue weighted by Gasteiger charge is -1.86. The molecular weight excluding hydrogens is 122 g/mol. The Labute approximate surface area is 59.7 Å². The number of benzene rings is 1. The number of rotatable bonds is 0. The Morgan fingerprint density at radius 1 is 1.30 bits per heavy atom. The second-order valence-corrected chi connectivity index (χ2v) is 2.42. The predicted octanol–water partition coefficient (Wildman–Crippen LogP) is 2.28. The van der Waals surface area contributed by atoms with Crippen LogP contribution in [0.25, 0.3) is 10.9 Å². The lowest BCUT2D eigenvalue weighted by atomic mass is 10.2. The van der Waals surface area contributed by atoms with Gasteiger partial charge in [-0.2, -0.15) is 0 Å². The highest BCUT2D eigenvalue weighted by Crippen LogP contribution is 2.14. The molecule has 0 spiro atoms. The molecule has 1 radical (unpaired) electrons. The van der Waals surface area contributed by atoms with Gasteiger partial charge in [0.05, 0.1) is 6.20 Å². The van der Waals surface area contributed by atoms with Gasteiger partial charge in [0.15, 0.2) is 0 Å². The van der Waals surface area contributed by atoms with Crippen LogP contribution in [0.15, 0.2) is 24.3 Å². The van der Waals surface area contributed by atoms with Crippen LogP contribution in [-0.2, 0) is 0 Å². The summed E-state index contributed by atoms with van der Waals surface area (Å²) in [5, 5.41) is 1.27. The third kappa shape index (κ3) is 0.637. The Bertz CT molecular complexity index is 346. The van der Waals surface area contributed by atoms with Gasteiger partial charge in [-0.15, -0.1) is 0 Å². The highest BCUT2D eigenvalue weighted by Gasteiger charge is 1.95. The van der Waals surface area contributed by atoms with Crippen LogP contribution in [0.1, 0.15) is 5.56 Å². The van der Waals surface area contributed by atoms with Gasteiger partial charge in [-0.25, -0.2) is 0 Å². The van der Waals surface area contributed by atoms with Gasteiger partial charge in [-0.3, -0.25) is 0 Å². The number of hydrogen-bond acceptors (Lipinski definition) is 0. The van der Waals surface area contributed by atoms with Crippen molar-refractivity contribution < 1.29 is 0 Å². The molecule has 2 rings (SSSR count). The molecule has 1 aromatic carbocycles. The Morgan fingerprint density at radius 2 is 2.10 bits per heavy atom. The molecule has 49 valence electrons. The van der Waals surface area contributed by atoms with Crippen molar-refractivity contribution in [2.45, 2.75) is 6.92 Å². The van der Waals surface area contributed by atoms with Crippen LogP contribution in [-0.4, -0.2) is 4.98 Å². The lowest BCUT2D eigenvalue weighted by molar-refractivity contribution is 1.40. The van der Waals surface area contributed by atoms with Crippen LogP contribution in [0.2, 0.25) is 0 Å². The summed E-state index contributed by atoms with van der Waals surface area (Å²) < 4.78 is 0. The summed E-state index contributed by atoms with van der Waals surface area (Å²) in [5.74, 6) is 0. The van der Waals surface area contributed by atoms with Crippen molar-refractivity contribution in [2.75, 3.05) is 0 Å². The monoisotopic (exact) mass is 130 g/mol. The summed E-state index contributed by atoms with van der Waals surface area (Å²) in [6, 6.07) is 8.21. The second-order valence-electron chi connectivity index (χ2n) is 2.42. The molecule has 1 N–H and O–H groups in total. The summed E-state index contributed by atoms with van der Waals surface area (Å²) in [7, 11) is 0. The molecule has 10 heavy (non-hydrogen) atoms. The summed E-state index contributed by atoms with van der Waals surface area (Å²) in [6.07, 6.45) is 3.05. The zero-order valence-electron chi connectivity index (χ0n) is 5.81. The minimum Gasteiger partial charge on any atom is -0.353 e. The zero-order chi connectivity index (χ0) is 6.97. The maximum atomic E-state index is 3.06. The molecule has 0 aliphatic rings. The molecule has 0 fully saturated rings. The summed E-state index contributed by atoms with van der Waals surface area (Å²) in [4.78, 5) is 3.06. The van der Waals surface area contributed by atoms with Gasteiger partial charge in [0.2, 0.25) is 0 Å². The van der Waals surface area contributed by atoms with Crippen LogP contribution in [0, 0.1) is 13.1 Å². The molecule has 0 atom stereocenters. The summed E-state index contributed by atoms with van der Waals surface area (Å²) in [5.41, 5.74) is 2.36. The third-order valence-corrected chi connectivity index (χ3v) is 1.72. The number of H-pyrrole nitrogens is 1. The molecule has 0 unspecified atom stereocenters. The first-order valence-corrected chi connectivity index (χ1v) is 3.33. The number of aromatic nitrogens is 1. The van der Waals surface area contributed by atoms with E-state index in [1.54, 1.807) is 0 Å². The average molecular weight is 130 g/mol. The highest BCUT2D eigenvalue weighted by atomic mass is 14.7. The van der Waals surface area contributed by atoms with E-state index in [1.165, 1.54) is 16.5 Å². The van der Waals surface area contributed by atoms with Gasteiger partial charge < -0.3 is 4.98 Å². The molecule has 0 saturated heterocycles. The van der Waals surface area contributed by atoms with Gasteiger partial charge >= 0.3 is 0 Å². The van der Waals surface area contributed by atoms with Crippen LogP contribution < -0.4 is 0 Å². The Morgan fingerprint density at radius 3 is 2.90 bits per heavy atom. The van der Waals surface area contributed by atoms with Crippen LogP contribution >= 0.6 is 0 Å². The minimum absolute atomic E-state index is 1.17. The van der Waals surface area contributed by atoms with Crippen molar-refractivity contribution >= 4 is 10.9 Å². The minimum atomic E-state index is 1.17. The second kappa shape index (κ2) is 1.87. The topological polar surface area (TPSA) is 15.8 Å². The van der Waals surface area contributed by atoms with Crippen molar-refractivity contribution in [3.05, 3.63) is 36.0 Å². The molecule has 0 aliphatic carbocycles. The van der Waals surface area contributed by atoms with E-state index in [0.717, 1.165) is 0 Å². The van der Waals surface area contributed by atoms with Gasteiger partial charge in [0.25, 0.3) is 0 Å². The number of aromatic amines is 1. The third-order valence-electron chi connectivity index (χ3n) is 1.72. The molecule has 1 heteroatoms. The van der Waals surface area contributed by atoms with E-state index in [0.29, 0.717) is 0 Å². The first kappa shape index (κ1) is 5.54.